The van der Waals surface area contributed by atoms with Gasteiger partial charge in [0.2, 0.25) is 5.89 Å². The van der Waals surface area contributed by atoms with E-state index in [-0.39, 0.29) is 22.8 Å². The molecule has 0 saturated carbocycles. The van der Waals surface area contributed by atoms with Gasteiger partial charge in [-0.1, -0.05) is 17.7 Å². The van der Waals surface area contributed by atoms with Crippen molar-refractivity contribution in [1.82, 2.24) is 4.98 Å². The fourth-order valence-corrected chi connectivity index (χ4v) is 4.05. The number of sulfonamides is 1. The highest BCUT2D eigenvalue weighted by Crippen LogP contribution is 2.29. The van der Waals surface area contributed by atoms with Gasteiger partial charge in [-0.2, -0.15) is 0 Å². The summed E-state index contributed by atoms with van der Waals surface area (Å²) in [6.45, 7) is 7.39. The number of rotatable bonds is 7. The first-order valence-electron chi connectivity index (χ1n) is 9.12. The Morgan fingerprint density at radius 2 is 1.77 bits per heavy atom. The van der Waals surface area contributed by atoms with Gasteiger partial charge in [0.25, 0.3) is 15.7 Å². The van der Waals surface area contributed by atoms with Gasteiger partial charge < -0.3 is 9.73 Å². The summed E-state index contributed by atoms with van der Waals surface area (Å²) in [5.74, 6) is 1.05. The van der Waals surface area contributed by atoms with Crippen LogP contribution in [0, 0.1) is 37.8 Å². The zero-order chi connectivity index (χ0) is 22.1. The van der Waals surface area contributed by atoms with E-state index in [0.29, 0.717) is 17.3 Å². The molecule has 1 aromatic heterocycles. The molecule has 0 unspecified atom stereocenters. The molecule has 0 spiro atoms. The van der Waals surface area contributed by atoms with Gasteiger partial charge in [0.15, 0.2) is 0 Å². The van der Waals surface area contributed by atoms with Gasteiger partial charge in [-0.25, -0.2) is 13.4 Å². The second-order valence-corrected chi connectivity index (χ2v) is 8.65. The first-order chi connectivity index (χ1) is 14.1. The van der Waals surface area contributed by atoms with E-state index in [1.165, 1.54) is 12.1 Å². The molecule has 0 aliphatic carbocycles. The van der Waals surface area contributed by atoms with E-state index >= 15 is 0 Å². The molecule has 2 aromatic carbocycles. The Morgan fingerprint density at radius 3 is 2.37 bits per heavy atom. The van der Waals surface area contributed by atoms with Crippen molar-refractivity contribution in [1.29, 1.82) is 0 Å². The minimum atomic E-state index is -4.00. The van der Waals surface area contributed by atoms with Crippen LogP contribution in [0.25, 0.3) is 0 Å². The first kappa shape index (κ1) is 21.3. The van der Waals surface area contributed by atoms with Crippen LogP contribution in [0.5, 0.6) is 0 Å². The van der Waals surface area contributed by atoms with Crippen LogP contribution in [0.3, 0.4) is 0 Å². The molecule has 3 aromatic rings. The van der Waals surface area contributed by atoms with Gasteiger partial charge in [0.05, 0.1) is 27.7 Å². The molecule has 0 fully saturated rings. The molecule has 0 radical (unpaired) electrons. The number of hydrogen-bond acceptors (Lipinski definition) is 7. The fourth-order valence-electron chi connectivity index (χ4n) is 2.90. The Labute approximate surface area is 174 Å². The van der Waals surface area contributed by atoms with E-state index in [1.807, 2.05) is 13.0 Å². The molecular formula is C20H22N4O5S. The molecule has 0 bridgehead atoms. The largest absolute Gasteiger partial charge is 0.444 e. The molecule has 0 aliphatic rings. The number of nitrogens with zero attached hydrogens (tertiary/aromatic N) is 2. The van der Waals surface area contributed by atoms with Crippen molar-refractivity contribution in [2.24, 2.45) is 0 Å². The van der Waals surface area contributed by atoms with Gasteiger partial charge in [-0.3, -0.25) is 14.8 Å². The van der Waals surface area contributed by atoms with Gasteiger partial charge in [0, 0.05) is 6.07 Å². The SMILES string of the molecule is Cc1ccc(NS(=O)(=O)c2ccc(NCc3nc(C)c(C)o3)c([N+](=O)[O-])c2)c(C)c1. The van der Waals surface area contributed by atoms with Gasteiger partial charge >= 0.3 is 0 Å². The lowest BCUT2D eigenvalue weighted by Crippen LogP contribution is -2.14. The van der Waals surface area contributed by atoms with Crippen LogP contribution in [-0.4, -0.2) is 18.3 Å². The molecule has 10 heteroatoms. The van der Waals surface area contributed by atoms with E-state index in [4.69, 9.17) is 4.42 Å². The summed E-state index contributed by atoms with van der Waals surface area (Å²) in [6, 6.07) is 8.99. The molecule has 2 N–H and O–H groups in total. The summed E-state index contributed by atoms with van der Waals surface area (Å²) >= 11 is 0. The average Bonchev–Trinajstić information content (AvgIpc) is 2.99. The minimum absolute atomic E-state index is 0.127. The lowest BCUT2D eigenvalue weighted by Gasteiger charge is -2.12. The Kier molecular flexibility index (Phi) is 5.79. The lowest BCUT2D eigenvalue weighted by molar-refractivity contribution is -0.384. The number of nitro groups is 1. The summed E-state index contributed by atoms with van der Waals surface area (Å²) in [5, 5.41) is 14.4. The number of oxazole rings is 1. The topological polar surface area (TPSA) is 127 Å². The third-order valence-corrected chi connectivity index (χ3v) is 5.97. The van der Waals surface area contributed by atoms with Gasteiger partial charge in [0.1, 0.15) is 11.4 Å². The fraction of sp³-hybridized carbons (Fsp3) is 0.250. The smallest absolute Gasteiger partial charge is 0.293 e. The van der Waals surface area contributed by atoms with E-state index in [1.54, 1.807) is 32.9 Å². The van der Waals surface area contributed by atoms with Crippen molar-refractivity contribution in [2.45, 2.75) is 39.1 Å². The van der Waals surface area contributed by atoms with Crippen molar-refractivity contribution >= 4 is 27.1 Å². The lowest BCUT2D eigenvalue weighted by atomic mass is 10.1. The number of aromatic nitrogens is 1. The monoisotopic (exact) mass is 430 g/mol. The van der Waals surface area contributed by atoms with Crippen LogP contribution in [0.15, 0.2) is 45.7 Å². The van der Waals surface area contributed by atoms with Crippen molar-refractivity contribution in [3.05, 3.63) is 75.0 Å². The maximum Gasteiger partial charge on any atom is 0.293 e. The van der Waals surface area contributed by atoms with Gasteiger partial charge in [-0.15, -0.1) is 0 Å². The maximum atomic E-state index is 12.8. The molecule has 1 heterocycles. The van der Waals surface area contributed by atoms with Crippen LogP contribution >= 0.6 is 0 Å². The molecule has 9 nitrogen and oxygen atoms in total. The van der Waals surface area contributed by atoms with Crippen LogP contribution < -0.4 is 10.0 Å². The summed E-state index contributed by atoms with van der Waals surface area (Å²) in [6.07, 6.45) is 0. The van der Waals surface area contributed by atoms with Crippen molar-refractivity contribution in [3.8, 4) is 0 Å². The second kappa shape index (κ2) is 8.15. The first-order valence-corrected chi connectivity index (χ1v) is 10.6. The van der Waals surface area contributed by atoms with Crippen LogP contribution in [0.4, 0.5) is 17.1 Å². The predicted octanol–water partition coefficient (Wildman–Crippen LogP) is 4.23. The molecule has 0 atom stereocenters. The van der Waals surface area contributed by atoms with Gasteiger partial charge in [-0.05, 0) is 51.5 Å². The highest BCUT2D eigenvalue weighted by atomic mass is 32.2. The van der Waals surface area contributed by atoms with E-state index in [2.05, 4.69) is 15.0 Å². The maximum absolute atomic E-state index is 12.8. The van der Waals surface area contributed by atoms with Crippen LogP contribution in [0.2, 0.25) is 0 Å². The minimum Gasteiger partial charge on any atom is -0.444 e. The second-order valence-electron chi connectivity index (χ2n) is 6.96. The summed E-state index contributed by atoms with van der Waals surface area (Å²) < 4.78 is 33.5. The highest BCUT2D eigenvalue weighted by Gasteiger charge is 2.22. The summed E-state index contributed by atoms with van der Waals surface area (Å²) in [7, 11) is -4.00. The van der Waals surface area contributed by atoms with Crippen molar-refractivity contribution in [3.63, 3.8) is 0 Å². The number of anilines is 2. The van der Waals surface area contributed by atoms with Crippen molar-refractivity contribution in [2.75, 3.05) is 10.0 Å². The van der Waals surface area contributed by atoms with Crippen LogP contribution in [-0.2, 0) is 16.6 Å². The van der Waals surface area contributed by atoms with Crippen molar-refractivity contribution < 1.29 is 17.8 Å². The van der Waals surface area contributed by atoms with E-state index in [9.17, 15) is 18.5 Å². The molecule has 3 rings (SSSR count). The zero-order valence-electron chi connectivity index (χ0n) is 17.0. The van der Waals surface area contributed by atoms with Crippen LogP contribution in [0.1, 0.15) is 28.5 Å². The Bertz CT molecular complexity index is 1200. The standard InChI is InChI=1S/C20H22N4O5S/c1-12-5-7-17(13(2)9-12)23-30(27,28)16-6-8-18(19(10-16)24(25)26)21-11-20-22-14(3)15(4)29-20/h5-10,21,23H,11H2,1-4H3. The highest BCUT2D eigenvalue weighted by molar-refractivity contribution is 7.92. The number of hydrogen-bond donors (Lipinski definition) is 2. The number of nitrogens with one attached hydrogen (secondary N) is 2. The molecule has 0 amide bonds. The Balaban J connectivity index is 1.87. The quantitative estimate of drug-likeness (QED) is 0.424. The molecular weight excluding hydrogens is 408 g/mol. The third-order valence-electron chi connectivity index (χ3n) is 4.61. The zero-order valence-corrected chi connectivity index (χ0v) is 17.8. The Morgan fingerprint density at radius 1 is 1.07 bits per heavy atom. The van der Waals surface area contributed by atoms with E-state index in [0.717, 1.165) is 22.9 Å². The number of aryl methyl sites for hydroxylation is 4. The number of benzene rings is 2. The average molecular weight is 430 g/mol. The Hall–Kier alpha value is -3.40. The summed E-state index contributed by atoms with van der Waals surface area (Å²) in [5.41, 5.74) is 2.71. The number of nitro benzene ring substituents is 1. The normalized spacial score (nSPS) is 11.3. The molecule has 158 valence electrons. The van der Waals surface area contributed by atoms with E-state index < -0.39 is 14.9 Å². The molecule has 0 saturated heterocycles. The predicted molar refractivity (Wildman–Crippen MR) is 113 cm³/mol. The molecule has 0 aliphatic heterocycles. The third kappa shape index (κ3) is 4.60. The summed E-state index contributed by atoms with van der Waals surface area (Å²) in [4.78, 5) is 14.9. The molecule has 30 heavy (non-hydrogen) atoms.